The van der Waals surface area contributed by atoms with E-state index in [1.54, 1.807) is 33.5 Å². The van der Waals surface area contributed by atoms with E-state index >= 15 is 0 Å². The van der Waals surface area contributed by atoms with Crippen molar-refractivity contribution in [2.45, 2.75) is 19.6 Å². The zero-order valence-corrected chi connectivity index (χ0v) is 21.8. The van der Waals surface area contributed by atoms with Gasteiger partial charge in [-0.2, -0.15) is 0 Å². The second kappa shape index (κ2) is 12.4. The highest BCUT2D eigenvalue weighted by Gasteiger charge is 2.15. The number of benzene rings is 3. The van der Waals surface area contributed by atoms with Crippen molar-refractivity contribution in [3.63, 3.8) is 0 Å². The monoisotopic (exact) mass is 553 g/mol. The fourth-order valence-corrected chi connectivity index (χ4v) is 4.11. The number of rotatable bonds is 11. The van der Waals surface area contributed by atoms with E-state index in [2.05, 4.69) is 21.2 Å². The third-order valence-corrected chi connectivity index (χ3v) is 6.58. The van der Waals surface area contributed by atoms with Crippen LogP contribution in [-0.2, 0) is 19.6 Å². The van der Waals surface area contributed by atoms with Gasteiger partial charge in [0, 0.05) is 16.6 Å². The first-order valence-electron chi connectivity index (χ1n) is 10.3. The van der Waals surface area contributed by atoms with Gasteiger partial charge in [0.25, 0.3) is 0 Å². The molecule has 176 valence electrons. The molecule has 0 aliphatic carbocycles. The van der Waals surface area contributed by atoms with Crippen molar-refractivity contribution >= 4 is 39.1 Å². The Kier molecular flexibility index (Phi) is 9.56. The van der Waals surface area contributed by atoms with Gasteiger partial charge in [-0.05, 0) is 60.5 Å². The molecule has 0 saturated carbocycles. The molecule has 0 unspecified atom stereocenters. The molecule has 1 N–H and O–H groups in total. The molecule has 0 fully saturated rings. The van der Waals surface area contributed by atoms with E-state index in [1.807, 2.05) is 36.4 Å². The zero-order valence-electron chi connectivity index (χ0n) is 18.7. The fraction of sp³-hybridized carbons (Fsp3) is 0.280. The van der Waals surface area contributed by atoms with Crippen LogP contribution in [0.15, 0.2) is 53.0 Å². The maximum Gasteiger partial charge on any atom is 0.167 e. The Bertz CT molecular complexity index is 1090. The predicted octanol–water partition coefficient (Wildman–Crippen LogP) is 6.69. The predicted molar refractivity (Wildman–Crippen MR) is 136 cm³/mol. The van der Waals surface area contributed by atoms with Gasteiger partial charge in [0.05, 0.1) is 31.4 Å². The summed E-state index contributed by atoms with van der Waals surface area (Å²) >= 11 is 15.8. The number of hydrogen-bond acceptors (Lipinski definition) is 5. The van der Waals surface area contributed by atoms with Gasteiger partial charge in [0.2, 0.25) is 0 Å². The van der Waals surface area contributed by atoms with Crippen LogP contribution in [0.1, 0.15) is 16.7 Å². The molecule has 5 nitrogen and oxygen atoms in total. The quantitative estimate of drug-likeness (QED) is 0.267. The van der Waals surface area contributed by atoms with Gasteiger partial charge in [0.15, 0.2) is 23.0 Å². The summed E-state index contributed by atoms with van der Waals surface area (Å²) in [6.45, 7) is 1.70. The molecular formula is C25H26BrCl2NO4. The van der Waals surface area contributed by atoms with E-state index in [9.17, 15) is 0 Å². The molecule has 0 aliphatic rings. The zero-order chi connectivity index (χ0) is 23.8. The highest BCUT2D eigenvalue weighted by atomic mass is 79.9. The van der Waals surface area contributed by atoms with Gasteiger partial charge in [-0.1, -0.05) is 51.3 Å². The molecule has 3 aromatic rings. The highest BCUT2D eigenvalue weighted by molar-refractivity contribution is 9.10. The van der Waals surface area contributed by atoms with Crippen LogP contribution in [0.4, 0.5) is 0 Å². The van der Waals surface area contributed by atoms with E-state index in [1.165, 1.54) is 0 Å². The summed E-state index contributed by atoms with van der Waals surface area (Å²) in [7, 11) is 4.90. The lowest BCUT2D eigenvalue weighted by Gasteiger charge is -2.17. The van der Waals surface area contributed by atoms with Crippen LogP contribution in [0.2, 0.25) is 10.0 Å². The van der Waals surface area contributed by atoms with Crippen LogP contribution in [0.25, 0.3) is 0 Å². The van der Waals surface area contributed by atoms with Crippen molar-refractivity contribution in [2.75, 3.05) is 27.9 Å². The summed E-state index contributed by atoms with van der Waals surface area (Å²) < 4.78 is 23.3. The van der Waals surface area contributed by atoms with Gasteiger partial charge in [-0.15, -0.1) is 0 Å². The van der Waals surface area contributed by atoms with Crippen molar-refractivity contribution in [1.82, 2.24) is 5.32 Å². The normalized spacial score (nSPS) is 10.7. The van der Waals surface area contributed by atoms with Crippen LogP contribution < -0.4 is 24.3 Å². The molecule has 3 aromatic carbocycles. The molecule has 0 spiro atoms. The first-order chi connectivity index (χ1) is 16.0. The molecule has 0 aromatic heterocycles. The van der Waals surface area contributed by atoms with Crippen molar-refractivity contribution in [2.24, 2.45) is 0 Å². The van der Waals surface area contributed by atoms with Crippen molar-refractivity contribution in [3.8, 4) is 23.0 Å². The molecular weight excluding hydrogens is 529 g/mol. The van der Waals surface area contributed by atoms with Crippen LogP contribution in [0, 0.1) is 0 Å². The van der Waals surface area contributed by atoms with Crippen LogP contribution >= 0.6 is 39.1 Å². The number of nitrogens with one attached hydrogen (secondary N) is 1. The summed E-state index contributed by atoms with van der Waals surface area (Å²) in [4.78, 5) is 0. The van der Waals surface area contributed by atoms with Gasteiger partial charge in [-0.3, -0.25) is 0 Å². The van der Waals surface area contributed by atoms with Gasteiger partial charge >= 0.3 is 0 Å². The topological polar surface area (TPSA) is 49.0 Å². The standard InChI is InChI=1S/C25H26BrCl2NO4/c1-30-22-8-5-16(13-24(22)32-3)10-11-29-14-18-19(26)6-9-23(31-2)25(18)33-15-17-4-7-20(27)21(28)12-17/h4-9,12-13,29H,10-11,14-15H2,1-3H3. The molecule has 33 heavy (non-hydrogen) atoms. The smallest absolute Gasteiger partial charge is 0.167 e. The Hall–Kier alpha value is -2.12. The van der Waals surface area contributed by atoms with Crippen molar-refractivity contribution < 1.29 is 18.9 Å². The molecule has 8 heteroatoms. The Labute approximate surface area is 213 Å². The number of methoxy groups -OCH3 is 3. The second-order valence-electron chi connectivity index (χ2n) is 7.21. The molecule has 0 radical (unpaired) electrons. The van der Waals surface area contributed by atoms with E-state index in [0.717, 1.165) is 45.6 Å². The molecule has 0 amide bonds. The minimum absolute atomic E-state index is 0.336. The first-order valence-corrected chi connectivity index (χ1v) is 11.9. The average molecular weight is 555 g/mol. The molecule has 0 aliphatic heterocycles. The van der Waals surface area contributed by atoms with E-state index in [0.29, 0.717) is 34.7 Å². The minimum atomic E-state index is 0.336. The number of hydrogen-bond donors (Lipinski definition) is 1. The Morgan fingerprint density at radius 2 is 1.48 bits per heavy atom. The SMILES string of the molecule is COc1ccc(CCNCc2c(Br)ccc(OC)c2OCc2ccc(Cl)c(Cl)c2)cc1OC. The molecule has 0 saturated heterocycles. The molecule has 3 rings (SSSR count). The average Bonchev–Trinajstić information content (AvgIpc) is 2.83. The van der Waals surface area contributed by atoms with E-state index in [4.69, 9.17) is 42.1 Å². The lowest BCUT2D eigenvalue weighted by Crippen LogP contribution is -2.18. The maximum absolute atomic E-state index is 6.16. The summed E-state index contributed by atoms with van der Waals surface area (Å²) in [6, 6.07) is 15.2. The first kappa shape index (κ1) is 25.5. The van der Waals surface area contributed by atoms with Gasteiger partial charge in [0.1, 0.15) is 6.61 Å². The lowest BCUT2D eigenvalue weighted by atomic mass is 10.1. The molecule has 0 atom stereocenters. The number of halogens is 3. The van der Waals surface area contributed by atoms with E-state index in [-0.39, 0.29) is 0 Å². The summed E-state index contributed by atoms with van der Waals surface area (Å²) in [6.07, 6.45) is 0.835. The maximum atomic E-state index is 6.16. The van der Waals surface area contributed by atoms with Gasteiger partial charge in [-0.25, -0.2) is 0 Å². The minimum Gasteiger partial charge on any atom is -0.493 e. The van der Waals surface area contributed by atoms with Crippen LogP contribution in [0.3, 0.4) is 0 Å². The summed E-state index contributed by atoms with van der Waals surface area (Å²) in [5.74, 6) is 2.79. The Balaban J connectivity index is 1.67. The van der Waals surface area contributed by atoms with Crippen LogP contribution in [0.5, 0.6) is 23.0 Å². The molecule has 0 bridgehead atoms. The third kappa shape index (κ3) is 6.70. The summed E-state index contributed by atoms with van der Waals surface area (Å²) in [5, 5.41) is 4.50. The second-order valence-corrected chi connectivity index (χ2v) is 8.88. The highest BCUT2D eigenvalue weighted by Crippen LogP contribution is 2.37. The van der Waals surface area contributed by atoms with Crippen LogP contribution in [-0.4, -0.2) is 27.9 Å². The van der Waals surface area contributed by atoms with E-state index < -0.39 is 0 Å². The Morgan fingerprint density at radius 1 is 0.788 bits per heavy atom. The number of ether oxygens (including phenoxy) is 4. The molecule has 0 heterocycles. The Morgan fingerprint density at radius 3 is 2.18 bits per heavy atom. The largest absolute Gasteiger partial charge is 0.493 e. The summed E-state index contributed by atoms with van der Waals surface area (Å²) in [5.41, 5.74) is 3.04. The van der Waals surface area contributed by atoms with Crippen molar-refractivity contribution in [3.05, 3.63) is 79.7 Å². The lowest BCUT2D eigenvalue weighted by molar-refractivity contribution is 0.280. The fourth-order valence-electron chi connectivity index (χ4n) is 3.33. The van der Waals surface area contributed by atoms with Crippen molar-refractivity contribution in [1.29, 1.82) is 0 Å². The van der Waals surface area contributed by atoms with Gasteiger partial charge < -0.3 is 24.3 Å². The third-order valence-electron chi connectivity index (χ3n) is 5.09.